The van der Waals surface area contributed by atoms with E-state index in [-0.39, 0.29) is 5.91 Å². The van der Waals surface area contributed by atoms with E-state index in [1.807, 2.05) is 36.4 Å². The highest BCUT2D eigenvalue weighted by Crippen LogP contribution is 2.34. The number of nitrogens with zero attached hydrogens (tertiary/aromatic N) is 1. The Morgan fingerprint density at radius 2 is 1.68 bits per heavy atom. The molecule has 2 heterocycles. The molecule has 5 rings (SSSR count). The summed E-state index contributed by atoms with van der Waals surface area (Å²) in [5, 5.41) is 4.09. The number of anilines is 1. The highest BCUT2D eigenvalue weighted by atomic mass is 79.9. The second-order valence-electron chi connectivity index (χ2n) is 6.91. The molecule has 4 aromatic rings. The standard InChI is InChI=1S/C24H17BrN2O/c25-18-11-9-16(10-12-18)14-27-15-17(19-5-2-4-8-23(19)27)13-21-20-6-1-3-7-22(20)26-24(21)28/h1-13,15H,14H2,(H,26,28). The van der Waals surface area contributed by atoms with E-state index in [1.54, 1.807) is 0 Å². The molecular formula is C24H17BrN2O. The molecule has 3 aromatic carbocycles. The van der Waals surface area contributed by atoms with Crippen molar-refractivity contribution in [2.45, 2.75) is 6.54 Å². The van der Waals surface area contributed by atoms with E-state index in [9.17, 15) is 4.79 Å². The normalized spacial score (nSPS) is 14.5. The second-order valence-corrected chi connectivity index (χ2v) is 7.83. The van der Waals surface area contributed by atoms with Gasteiger partial charge >= 0.3 is 0 Å². The average Bonchev–Trinajstić information content (AvgIpc) is 3.22. The summed E-state index contributed by atoms with van der Waals surface area (Å²) >= 11 is 3.49. The first-order valence-corrected chi connectivity index (χ1v) is 9.93. The minimum absolute atomic E-state index is 0.0501. The number of halogens is 1. The van der Waals surface area contributed by atoms with Crippen molar-refractivity contribution >= 4 is 50.1 Å². The molecule has 0 radical (unpaired) electrons. The van der Waals surface area contributed by atoms with Gasteiger partial charge in [0.05, 0.1) is 0 Å². The van der Waals surface area contributed by atoms with Crippen LogP contribution in [-0.2, 0) is 11.3 Å². The average molecular weight is 429 g/mol. The summed E-state index contributed by atoms with van der Waals surface area (Å²) in [5.74, 6) is -0.0501. The molecule has 1 N–H and O–H groups in total. The van der Waals surface area contributed by atoms with Crippen LogP contribution in [0.15, 0.2) is 83.5 Å². The molecule has 0 saturated heterocycles. The zero-order chi connectivity index (χ0) is 19.1. The molecule has 28 heavy (non-hydrogen) atoms. The lowest BCUT2D eigenvalue weighted by molar-refractivity contribution is -0.110. The van der Waals surface area contributed by atoms with E-state index in [2.05, 4.69) is 74.5 Å². The molecule has 0 fully saturated rings. The van der Waals surface area contributed by atoms with Crippen molar-refractivity contribution in [2.75, 3.05) is 5.32 Å². The summed E-state index contributed by atoms with van der Waals surface area (Å²) in [5.41, 5.74) is 5.97. The van der Waals surface area contributed by atoms with Gasteiger partial charge in [0, 0.05) is 50.5 Å². The lowest BCUT2D eigenvalue weighted by Gasteiger charge is -2.05. The first-order chi connectivity index (χ1) is 13.7. The lowest BCUT2D eigenvalue weighted by atomic mass is 10.0. The van der Waals surface area contributed by atoms with Crippen molar-refractivity contribution in [3.05, 3.63) is 100 Å². The molecular weight excluding hydrogens is 412 g/mol. The number of hydrogen-bond donors (Lipinski definition) is 1. The Balaban J connectivity index is 1.61. The third-order valence-electron chi connectivity index (χ3n) is 5.10. The Hall–Kier alpha value is -3.11. The van der Waals surface area contributed by atoms with Crippen molar-refractivity contribution in [3.8, 4) is 0 Å². The summed E-state index contributed by atoms with van der Waals surface area (Å²) in [6.45, 7) is 0.778. The van der Waals surface area contributed by atoms with Gasteiger partial charge in [0.15, 0.2) is 0 Å². The number of aromatic nitrogens is 1. The monoisotopic (exact) mass is 428 g/mol. The van der Waals surface area contributed by atoms with E-state index in [0.717, 1.165) is 38.7 Å². The van der Waals surface area contributed by atoms with Gasteiger partial charge in [-0.1, -0.05) is 64.5 Å². The van der Waals surface area contributed by atoms with Crippen LogP contribution in [0.4, 0.5) is 5.69 Å². The van der Waals surface area contributed by atoms with Crippen LogP contribution in [0.3, 0.4) is 0 Å². The number of nitrogens with one attached hydrogen (secondary N) is 1. The molecule has 1 aliphatic heterocycles. The first kappa shape index (κ1) is 17.0. The minimum Gasteiger partial charge on any atom is -0.342 e. The number of amides is 1. The molecule has 1 aromatic heterocycles. The zero-order valence-electron chi connectivity index (χ0n) is 15.0. The molecule has 0 aliphatic carbocycles. The van der Waals surface area contributed by atoms with E-state index < -0.39 is 0 Å². The molecule has 0 atom stereocenters. The molecule has 1 aliphatic rings. The Kier molecular flexibility index (Phi) is 4.14. The van der Waals surface area contributed by atoms with Gasteiger partial charge in [-0.15, -0.1) is 0 Å². The fourth-order valence-electron chi connectivity index (χ4n) is 3.75. The quantitative estimate of drug-likeness (QED) is 0.402. The lowest BCUT2D eigenvalue weighted by Crippen LogP contribution is -2.03. The van der Waals surface area contributed by atoms with E-state index in [1.165, 1.54) is 5.56 Å². The van der Waals surface area contributed by atoms with Crippen LogP contribution in [-0.4, -0.2) is 10.5 Å². The third kappa shape index (κ3) is 2.96. The maximum absolute atomic E-state index is 12.5. The van der Waals surface area contributed by atoms with Crippen LogP contribution in [0, 0.1) is 0 Å². The Morgan fingerprint density at radius 1 is 0.929 bits per heavy atom. The Labute approximate surface area is 171 Å². The van der Waals surface area contributed by atoms with Gasteiger partial charge in [-0.2, -0.15) is 0 Å². The van der Waals surface area contributed by atoms with E-state index in [4.69, 9.17) is 0 Å². The predicted molar refractivity (Wildman–Crippen MR) is 118 cm³/mol. The molecule has 3 nitrogen and oxygen atoms in total. The van der Waals surface area contributed by atoms with Crippen molar-refractivity contribution in [1.29, 1.82) is 0 Å². The molecule has 4 heteroatoms. The first-order valence-electron chi connectivity index (χ1n) is 9.14. The largest absolute Gasteiger partial charge is 0.342 e. The van der Waals surface area contributed by atoms with Crippen molar-refractivity contribution in [3.63, 3.8) is 0 Å². The maximum atomic E-state index is 12.5. The Morgan fingerprint density at radius 3 is 2.54 bits per heavy atom. The van der Waals surface area contributed by atoms with Gasteiger partial charge in [-0.05, 0) is 35.9 Å². The molecule has 0 bridgehead atoms. The van der Waals surface area contributed by atoms with Crippen LogP contribution in [0.2, 0.25) is 0 Å². The number of carbonyl (C=O) groups excluding carboxylic acids is 1. The van der Waals surface area contributed by atoms with Gasteiger partial charge in [0.2, 0.25) is 0 Å². The van der Waals surface area contributed by atoms with Crippen molar-refractivity contribution in [1.82, 2.24) is 4.57 Å². The third-order valence-corrected chi connectivity index (χ3v) is 5.62. The summed E-state index contributed by atoms with van der Waals surface area (Å²) in [6.07, 6.45) is 4.13. The van der Waals surface area contributed by atoms with E-state index >= 15 is 0 Å². The Bertz CT molecular complexity index is 1240. The fraction of sp³-hybridized carbons (Fsp3) is 0.0417. The van der Waals surface area contributed by atoms with Gasteiger partial charge < -0.3 is 9.88 Å². The second kappa shape index (κ2) is 6.80. The van der Waals surface area contributed by atoms with Gasteiger partial charge in [-0.3, -0.25) is 4.79 Å². The summed E-state index contributed by atoms with van der Waals surface area (Å²) in [7, 11) is 0. The number of para-hydroxylation sites is 2. The minimum atomic E-state index is -0.0501. The molecule has 0 saturated carbocycles. The van der Waals surface area contributed by atoms with E-state index in [0.29, 0.717) is 5.57 Å². The van der Waals surface area contributed by atoms with Crippen LogP contribution < -0.4 is 5.32 Å². The smallest absolute Gasteiger partial charge is 0.256 e. The number of rotatable bonds is 3. The van der Waals surface area contributed by atoms with Crippen LogP contribution >= 0.6 is 15.9 Å². The topological polar surface area (TPSA) is 34.0 Å². The maximum Gasteiger partial charge on any atom is 0.256 e. The van der Waals surface area contributed by atoms with Gasteiger partial charge in [0.1, 0.15) is 0 Å². The van der Waals surface area contributed by atoms with Crippen LogP contribution in [0.1, 0.15) is 16.7 Å². The van der Waals surface area contributed by atoms with Crippen molar-refractivity contribution < 1.29 is 4.79 Å². The summed E-state index contributed by atoms with van der Waals surface area (Å²) in [4.78, 5) is 12.5. The highest BCUT2D eigenvalue weighted by Gasteiger charge is 2.23. The summed E-state index contributed by atoms with van der Waals surface area (Å²) in [6, 6.07) is 24.5. The predicted octanol–water partition coefficient (Wildman–Crippen LogP) is 5.94. The zero-order valence-corrected chi connectivity index (χ0v) is 16.6. The fourth-order valence-corrected chi connectivity index (χ4v) is 4.01. The molecule has 0 spiro atoms. The van der Waals surface area contributed by atoms with Crippen LogP contribution in [0.5, 0.6) is 0 Å². The summed E-state index contributed by atoms with van der Waals surface area (Å²) < 4.78 is 3.31. The number of hydrogen-bond acceptors (Lipinski definition) is 1. The van der Waals surface area contributed by atoms with Gasteiger partial charge in [-0.25, -0.2) is 0 Å². The molecule has 1 amide bonds. The van der Waals surface area contributed by atoms with Crippen LogP contribution in [0.25, 0.3) is 22.6 Å². The molecule has 136 valence electrons. The van der Waals surface area contributed by atoms with Gasteiger partial charge in [0.25, 0.3) is 5.91 Å². The number of benzene rings is 3. The van der Waals surface area contributed by atoms with Crippen molar-refractivity contribution in [2.24, 2.45) is 0 Å². The number of carbonyl (C=O) groups is 1. The molecule has 0 unspecified atom stereocenters. The highest BCUT2D eigenvalue weighted by molar-refractivity contribution is 9.10. The SMILES string of the molecule is O=C1Nc2ccccc2C1=Cc1cn(Cc2ccc(Br)cc2)c2ccccc12. The number of fused-ring (bicyclic) bond motifs is 2.